The van der Waals surface area contributed by atoms with Crippen molar-refractivity contribution < 1.29 is 22.6 Å². The van der Waals surface area contributed by atoms with Crippen LogP contribution in [0.15, 0.2) is 41.0 Å². The zero-order chi connectivity index (χ0) is 15.5. The third kappa shape index (κ3) is 4.61. The number of aromatic nitrogens is 1. The molecule has 2 rings (SSSR count). The highest BCUT2D eigenvalue weighted by molar-refractivity contribution is 9.10. The van der Waals surface area contributed by atoms with Gasteiger partial charge in [0.05, 0.1) is 0 Å². The minimum absolute atomic E-state index is 0.219. The van der Waals surface area contributed by atoms with E-state index in [1.165, 1.54) is 18.3 Å². The molecule has 0 amide bonds. The number of ether oxygens (including phenoxy) is 2. The van der Waals surface area contributed by atoms with E-state index in [-0.39, 0.29) is 12.3 Å². The van der Waals surface area contributed by atoms with Crippen LogP contribution < -0.4 is 15.2 Å². The second kappa shape index (κ2) is 6.31. The van der Waals surface area contributed by atoms with E-state index in [0.29, 0.717) is 17.2 Å². The summed E-state index contributed by atoms with van der Waals surface area (Å²) >= 11 is 3.26. The molecule has 1 heterocycles. The fourth-order valence-electron chi connectivity index (χ4n) is 1.53. The molecule has 8 heteroatoms. The summed E-state index contributed by atoms with van der Waals surface area (Å²) in [4.78, 5) is 4.07. The summed E-state index contributed by atoms with van der Waals surface area (Å²) in [5.41, 5.74) is 6.25. The highest BCUT2D eigenvalue weighted by atomic mass is 79.9. The molecule has 0 saturated carbocycles. The average molecular weight is 363 g/mol. The zero-order valence-corrected chi connectivity index (χ0v) is 12.1. The molecule has 2 N–H and O–H groups in total. The molecule has 0 fully saturated rings. The van der Waals surface area contributed by atoms with Gasteiger partial charge in [-0.2, -0.15) is 0 Å². The van der Waals surface area contributed by atoms with Gasteiger partial charge >= 0.3 is 6.36 Å². The highest BCUT2D eigenvalue weighted by Crippen LogP contribution is 2.28. The maximum Gasteiger partial charge on any atom is 0.573 e. The Morgan fingerprint density at radius 2 is 1.76 bits per heavy atom. The van der Waals surface area contributed by atoms with E-state index in [2.05, 4.69) is 25.7 Å². The van der Waals surface area contributed by atoms with Crippen LogP contribution in [-0.4, -0.2) is 11.3 Å². The third-order valence-electron chi connectivity index (χ3n) is 2.38. The molecule has 0 aliphatic heterocycles. The van der Waals surface area contributed by atoms with Crippen molar-refractivity contribution in [2.24, 2.45) is 5.73 Å². The lowest BCUT2D eigenvalue weighted by atomic mass is 10.2. The number of hydrogen-bond donors (Lipinski definition) is 1. The van der Waals surface area contributed by atoms with Gasteiger partial charge in [-0.15, -0.1) is 13.2 Å². The smallest absolute Gasteiger partial charge is 0.439 e. The fraction of sp³-hybridized carbons (Fsp3) is 0.154. The van der Waals surface area contributed by atoms with Crippen molar-refractivity contribution in [2.75, 3.05) is 0 Å². The van der Waals surface area contributed by atoms with Crippen LogP contribution >= 0.6 is 15.9 Å². The summed E-state index contributed by atoms with van der Waals surface area (Å²) in [5.74, 6) is 0.303. The molecule has 0 bridgehead atoms. The van der Waals surface area contributed by atoms with E-state index in [4.69, 9.17) is 10.5 Å². The summed E-state index contributed by atoms with van der Waals surface area (Å²) < 4.78 is 46.1. The van der Waals surface area contributed by atoms with Crippen LogP contribution in [0.3, 0.4) is 0 Å². The normalized spacial score (nSPS) is 11.3. The summed E-state index contributed by atoms with van der Waals surface area (Å²) in [6, 6.07) is 6.77. The van der Waals surface area contributed by atoms with E-state index < -0.39 is 6.36 Å². The predicted octanol–water partition coefficient (Wildman–Crippen LogP) is 3.99. The van der Waals surface area contributed by atoms with Crippen LogP contribution in [0.5, 0.6) is 17.4 Å². The third-order valence-corrected chi connectivity index (χ3v) is 2.82. The Morgan fingerprint density at radius 3 is 2.33 bits per heavy atom. The molecule has 0 saturated heterocycles. The molecule has 1 aromatic carbocycles. The lowest BCUT2D eigenvalue weighted by molar-refractivity contribution is -0.274. The Morgan fingerprint density at radius 1 is 1.14 bits per heavy atom. The van der Waals surface area contributed by atoms with E-state index in [1.807, 2.05) is 0 Å². The van der Waals surface area contributed by atoms with Crippen molar-refractivity contribution in [3.8, 4) is 17.4 Å². The van der Waals surface area contributed by atoms with Crippen molar-refractivity contribution in [1.29, 1.82) is 0 Å². The van der Waals surface area contributed by atoms with Crippen LogP contribution in [0.2, 0.25) is 0 Å². The second-order valence-electron chi connectivity index (χ2n) is 3.94. The number of alkyl halides is 3. The second-order valence-corrected chi connectivity index (χ2v) is 4.86. The predicted molar refractivity (Wildman–Crippen MR) is 73.0 cm³/mol. The SMILES string of the molecule is NCc1cc(Br)cnc1Oc1ccc(OC(F)(F)F)cc1. The Hall–Kier alpha value is -1.80. The van der Waals surface area contributed by atoms with Gasteiger partial charge in [-0.1, -0.05) is 0 Å². The molecule has 1 aromatic heterocycles. The van der Waals surface area contributed by atoms with Crippen LogP contribution in [0.4, 0.5) is 13.2 Å². The molecule has 0 spiro atoms. The van der Waals surface area contributed by atoms with Crippen LogP contribution in [-0.2, 0) is 6.54 Å². The fourth-order valence-corrected chi connectivity index (χ4v) is 1.91. The van der Waals surface area contributed by atoms with E-state index in [1.54, 1.807) is 6.07 Å². The summed E-state index contributed by atoms with van der Waals surface area (Å²) in [5, 5.41) is 0. The first-order valence-corrected chi connectivity index (χ1v) is 6.55. The zero-order valence-electron chi connectivity index (χ0n) is 10.5. The van der Waals surface area contributed by atoms with Gasteiger partial charge in [0.25, 0.3) is 0 Å². The number of hydrogen-bond acceptors (Lipinski definition) is 4. The molecule has 112 valence electrons. The van der Waals surface area contributed by atoms with E-state index in [0.717, 1.165) is 16.6 Å². The van der Waals surface area contributed by atoms with Gasteiger partial charge < -0.3 is 15.2 Å². The topological polar surface area (TPSA) is 57.4 Å². The number of rotatable bonds is 4. The molecule has 2 aromatic rings. The van der Waals surface area contributed by atoms with E-state index >= 15 is 0 Å². The first-order chi connectivity index (χ1) is 9.87. The quantitative estimate of drug-likeness (QED) is 0.893. The van der Waals surface area contributed by atoms with Crippen molar-refractivity contribution in [3.63, 3.8) is 0 Å². The summed E-state index contributed by atoms with van der Waals surface area (Å²) in [7, 11) is 0. The lowest BCUT2D eigenvalue weighted by Crippen LogP contribution is -2.16. The molecule has 0 radical (unpaired) electrons. The van der Waals surface area contributed by atoms with Gasteiger partial charge in [-0.3, -0.25) is 0 Å². The largest absolute Gasteiger partial charge is 0.573 e. The maximum atomic E-state index is 12.0. The van der Waals surface area contributed by atoms with Crippen LogP contribution in [0.1, 0.15) is 5.56 Å². The highest BCUT2D eigenvalue weighted by Gasteiger charge is 2.30. The minimum Gasteiger partial charge on any atom is -0.439 e. The van der Waals surface area contributed by atoms with Gasteiger partial charge in [0.15, 0.2) is 0 Å². The minimum atomic E-state index is -4.72. The van der Waals surface area contributed by atoms with Crippen LogP contribution in [0.25, 0.3) is 0 Å². The summed E-state index contributed by atoms with van der Waals surface area (Å²) in [6.07, 6.45) is -3.18. The van der Waals surface area contributed by atoms with Crippen molar-refractivity contribution in [1.82, 2.24) is 4.98 Å². The van der Waals surface area contributed by atoms with Crippen molar-refractivity contribution in [3.05, 3.63) is 46.6 Å². The monoisotopic (exact) mass is 362 g/mol. The number of nitrogens with two attached hydrogens (primary N) is 1. The van der Waals surface area contributed by atoms with Gasteiger partial charge in [-0.25, -0.2) is 4.98 Å². The molecule has 4 nitrogen and oxygen atoms in total. The molecular formula is C13H10BrF3N2O2. The van der Waals surface area contributed by atoms with Crippen molar-refractivity contribution >= 4 is 15.9 Å². The molecule has 0 aliphatic carbocycles. The first-order valence-electron chi connectivity index (χ1n) is 5.75. The number of halogens is 4. The van der Waals surface area contributed by atoms with Gasteiger partial charge in [0.2, 0.25) is 5.88 Å². The lowest BCUT2D eigenvalue weighted by Gasteiger charge is -2.11. The standard InChI is InChI=1S/C13H10BrF3N2O2/c14-9-5-8(6-18)12(19-7-9)20-10-1-3-11(4-2-10)21-13(15,16)17/h1-5,7H,6,18H2. The Balaban J connectivity index is 2.14. The number of benzene rings is 1. The first kappa shape index (κ1) is 15.6. The van der Waals surface area contributed by atoms with Crippen LogP contribution in [0, 0.1) is 0 Å². The molecule has 0 aliphatic rings. The van der Waals surface area contributed by atoms with E-state index in [9.17, 15) is 13.2 Å². The Labute approximate surface area is 126 Å². The van der Waals surface area contributed by atoms with Gasteiger partial charge in [0.1, 0.15) is 11.5 Å². The van der Waals surface area contributed by atoms with Gasteiger partial charge in [0, 0.05) is 22.8 Å². The van der Waals surface area contributed by atoms with Gasteiger partial charge in [-0.05, 0) is 46.3 Å². The Kier molecular flexibility index (Phi) is 4.69. The molecule has 0 unspecified atom stereocenters. The maximum absolute atomic E-state index is 12.0. The number of nitrogens with zero attached hydrogens (tertiary/aromatic N) is 1. The molecule has 21 heavy (non-hydrogen) atoms. The van der Waals surface area contributed by atoms with Crippen molar-refractivity contribution in [2.45, 2.75) is 12.9 Å². The number of pyridine rings is 1. The Bertz CT molecular complexity index is 618. The molecular weight excluding hydrogens is 353 g/mol. The molecule has 0 atom stereocenters. The average Bonchev–Trinajstić information content (AvgIpc) is 2.41. The summed E-state index contributed by atoms with van der Waals surface area (Å²) in [6.45, 7) is 0.219.